The molecule has 2 N–H and O–H groups in total. The van der Waals surface area contributed by atoms with Gasteiger partial charge in [0.05, 0.1) is 5.52 Å². The molecule has 2 aromatic heterocycles. The SMILES string of the molecule is NCCc1cc(-c2cccc3cccnc23)no1. The lowest BCUT2D eigenvalue weighted by Gasteiger charge is -2.01. The molecule has 0 aliphatic rings. The van der Waals surface area contributed by atoms with Gasteiger partial charge in [0.1, 0.15) is 11.5 Å². The van der Waals surface area contributed by atoms with E-state index in [4.69, 9.17) is 10.3 Å². The average molecular weight is 239 g/mol. The second-order valence-corrected chi connectivity index (χ2v) is 4.10. The summed E-state index contributed by atoms with van der Waals surface area (Å²) in [4.78, 5) is 4.41. The predicted octanol–water partition coefficient (Wildman–Crippen LogP) is 2.39. The minimum absolute atomic E-state index is 0.558. The van der Waals surface area contributed by atoms with Crippen molar-refractivity contribution in [3.8, 4) is 11.3 Å². The normalized spacial score (nSPS) is 10.9. The number of nitrogens with zero attached hydrogens (tertiary/aromatic N) is 2. The number of hydrogen-bond acceptors (Lipinski definition) is 4. The second-order valence-electron chi connectivity index (χ2n) is 4.10. The monoisotopic (exact) mass is 239 g/mol. The highest BCUT2D eigenvalue weighted by Crippen LogP contribution is 2.26. The quantitative estimate of drug-likeness (QED) is 0.762. The van der Waals surface area contributed by atoms with Crippen LogP contribution in [0.25, 0.3) is 22.2 Å². The molecule has 4 heteroatoms. The van der Waals surface area contributed by atoms with Crippen molar-refractivity contribution in [2.75, 3.05) is 6.54 Å². The standard InChI is InChI=1S/C14H13N3O/c15-7-6-11-9-13(17-18-11)12-5-1-3-10-4-2-8-16-14(10)12/h1-5,8-9H,6-7,15H2. The van der Waals surface area contributed by atoms with Crippen molar-refractivity contribution < 1.29 is 4.52 Å². The molecule has 3 aromatic rings. The van der Waals surface area contributed by atoms with Crippen LogP contribution in [0, 0.1) is 0 Å². The fourth-order valence-electron chi connectivity index (χ4n) is 2.01. The van der Waals surface area contributed by atoms with E-state index in [2.05, 4.69) is 10.1 Å². The van der Waals surface area contributed by atoms with E-state index in [0.29, 0.717) is 13.0 Å². The van der Waals surface area contributed by atoms with Crippen molar-refractivity contribution in [3.63, 3.8) is 0 Å². The molecule has 0 fully saturated rings. The molecule has 0 spiro atoms. The summed E-state index contributed by atoms with van der Waals surface area (Å²) in [5.41, 5.74) is 8.23. The number of nitrogens with two attached hydrogens (primary N) is 1. The zero-order valence-electron chi connectivity index (χ0n) is 9.84. The summed E-state index contributed by atoms with van der Waals surface area (Å²) in [7, 11) is 0. The minimum atomic E-state index is 0.558. The molecule has 0 saturated heterocycles. The van der Waals surface area contributed by atoms with Gasteiger partial charge in [-0.3, -0.25) is 4.98 Å². The minimum Gasteiger partial charge on any atom is -0.361 e. The third-order valence-corrected chi connectivity index (χ3v) is 2.86. The van der Waals surface area contributed by atoms with Crippen molar-refractivity contribution in [2.45, 2.75) is 6.42 Å². The van der Waals surface area contributed by atoms with Crippen LogP contribution in [0.5, 0.6) is 0 Å². The topological polar surface area (TPSA) is 64.9 Å². The van der Waals surface area contributed by atoms with Gasteiger partial charge in [-0.1, -0.05) is 29.4 Å². The Morgan fingerprint density at radius 1 is 1.17 bits per heavy atom. The maximum absolute atomic E-state index is 5.50. The van der Waals surface area contributed by atoms with E-state index >= 15 is 0 Å². The van der Waals surface area contributed by atoms with Gasteiger partial charge in [-0.2, -0.15) is 0 Å². The summed E-state index contributed by atoms with van der Waals surface area (Å²) < 4.78 is 5.25. The van der Waals surface area contributed by atoms with Gasteiger partial charge in [0.2, 0.25) is 0 Å². The fourth-order valence-corrected chi connectivity index (χ4v) is 2.01. The first-order chi connectivity index (χ1) is 8.88. The Balaban J connectivity index is 2.12. The van der Waals surface area contributed by atoms with Crippen LogP contribution in [0.2, 0.25) is 0 Å². The first kappa shape index (κ1) is 10.9. The van der Waals surface area contributed by atoms with Crippen molar-refractivity contribution in [1.29, 1.82) is 0 Å². The molecule has 1 aromatic carbocycles. The van der Waals surface area contributed by atoms with Crippen molar-refractivity contribution >= 4 is 10.9 Å². The smallest absolute Gasteiger partial charge is 0.138 e. The van der Waals surface area contributed by atoms with Gasteiger partial charge in [0.25, 0.3) is 0 Å². The van der Waals surface area contributed by atoms with Crippen molar-refractivity contribution in [3.05, 3.63) is 48.4 Å². The van der Waals surface area contributed by atoms with E-state index in [-0.39, 0.29) is 0 Å². The average Bonchev–Trinajstić information content (AvgIpc) is 2.87. The van der Waals surface area contributed by atoms with E-state index in [1.54, 1.807) is 6.20 Å². The molecule has 3 rings (SSSR count). The molecular weight excluding hydrogens is 226 g/mol. The second kappa shape index (κ2) is 4.58. The predicted molar refractivity (Wildman–Crippen MR) is 70.0 cm³/mol. The van der Waals surface area contributed by atoms with E-state index in [0.717, 1.165) is 27.9 Å². The lowest BCUT2D eigenvalue weighted by molar-refractivity contribution is 0.386. The lowest BCUT2D eigenvalue weighted by Crippen LogP contribution is -2.01. The van der Waals surface area contributed by atoms with Crippen LogP contribution in [-0.4, -0.2) is 16.7 Å². The van der Waals surface area contributed by atoms with E-state index in [1.165, 1.54) is 0 Å². The Bertz CT molecular complexity index is 670. The van der Waals surface area contributed by atoms with Gasteiger partial charge in [-0.05, 0) is 12.6 Å². The Labute approximate surface area is 104 Å². The van der Waals surface area contributed by atoms with Gasteiger partial charge in [0, 0.05) is 29.6 Å². The van der Waals surface area contributed by atoms with Crippen LogP contribution < -0.4 is 5.73 Å². The highest BCUT2D eigenvalue weighted by molar-refractivity contribution is 5.92. The van der Waals surface area contributed by atoms with Crippen LogP contribution in [0.1, 0.15) is 5.76 Å². The fraction of sp³-hybridized carbons (Fsp3) is 0.143. The summed E-state index contributed by atoms with van der Waals surface area (Å²) in [5.74, 6) is 0.806. The highest BCUT2D eigenvalue weighted by Gasteiger charge is 2.09. The molecule has 0 atom stereocenters. The van der Waals surface area contributed by atoms with Crippen LogP contribution in [0.15, 0.2) is 47.1 Å². The van der Waals surface area contributed by atoms with E-state index in [1.807, 2.05) is 36.4 Å². The van der Waals surface area contributed by atoms with Gasteiger partial charge < -0.3 is 10.3 Å². The Hall–Kier alpha value is -2.20. The largest absolute Gasteiger partial charge is 0.361 e. The van der Waals surface area contributed by atoms with E-state index in [9.17, 15) is 0 Å². The summed E-state index contributed by atoms with van der Waals surface area (Å²) in [6.45, 7) is 0.558. The number of hydrogen-bond donors (Lipinski definition) is 1. The van der Waals surface area contributed by atoms with Gasteiger partial charge >= 0.3 is 0 Å². The number of aromatic nitrogens is 2. The van der Waals surface area contributed by atoms with Crippen LogP contribution in [-0.2, 0) is 6.42 Å². The molecule has 0 amide bonds. The number of rotatable bonds is 3. The highest BCUT2D eigenvalue weighted by atomic mass is 16.5. The molecule has 18 heavy (non-hydrogen) atoms. The molecule has 0 unspecified atom stereocenters. The molecule has 0 radical (unpaired) electrons. The molecule has 2 heterocycles. The Morgan fingerprint density at radius 2 is 2.06 bits per heavy atom. The van der Waals surface area contributed by atoms with Gasteiger partial charge in [-0.25, -0.2) is 0 Å². The Morgan fingerprint density at radius 3 is 2.94 bits per heavy atom. The molecule has 0 aliphatic carbocycles. The first-order valence-corrected chi connectivity index (χ1v) is 5.88. The number of fused-ring (bicyclic) bond motifs is 1. The Kier molecular flexibility index (Phi) is 2.78. The zero-order chi connectivity index (χ0) is 12.4. The van der Waals surface area contributed by atoms with Crippen LogP contribution >= 0.6 is 0 Å². The molecule has 0 aliphatic heterocycles. The van der Waals surface area contributed by atoms with Crippen molar-refractivity contribution in [1.82, 2.24) is 10.1 Å². The molecule has 0 bridgehead atoms. The zero-order valence-corrected chi connectivity index (χ0v) is 9.84. The maximum Gasteiger partial charge on any atom is 0.138 e. The molecule has 4 nitrogen and oxygen atoms in total. The molecular formula is C14H13N3O. The summed E-state index contributed by atoms with van der Waals surface area (Å²) in [6.07, 6.45) is 2.48. The molecule has 0 saturated carbocycles. The van der Waals surface area contributed by atoms with Crippen LogP contribution in [0.3, 0.4) is 0 Å². The van der Waals surface area contributed by atoms with Crippen molar-refractivity contribution in [2.24, 2.45) is 5.73 Å². The van der Waals surface area contributed by atoms with Gasteiger partial charge in [-0.15, -0.1) is 0 Å². The molecule has 90 valence electrons. The number of para-hydroxylation sites is 1. The third-order valence-electron chi connectivity index (χ3n) is 2.86. The first-order valence-electron chi connectivity index (χ1n) is 5.88. The summed E-state index contributed by atoms with van der Waals surface area (Å²) >= 11 is 0. The lowest BCUT2D eigenvalue weighted by atomic mass is 10.1. The third kappa shape index (κ3) is 1.87. The number of benzene rings is 1. The maximum atomic E-state index is 5.50. The summed E-state index contributed by atoms with van der Waals surface area (Å²) in [6, 6.07) is 11.9. The summed E-state index contributed by atoms with van der Waals surface area (Å²) in [5, 5.41) is 5.18. The number of pyridine rings is 1. The van der Waals surface area contributed by atoms with Gasteiger partial charge in [0.15, 0.2) is 0 Å². The van der Waals surface area contributed by atoms with E-state index < -0.39 is 0 Å². The van der Waals surface area contributed by atoms with Crippen LogP contribution in [0.4, 0.5) is 0 Å².